The molecule has 35 heavy (non-hydrogen) atoms. The van der Waals surface area contributed by atoms with E-state index in [-0.39, 0.29) is 29.5 Å². The van der Waals surface area contributed by atoms with Crippen molar-refractivity contribution in [1.29, 1.82) is 0 Å². The van der Waals surface area contributed by atoms with E-state index in [0.29, 0.717) is 41.1 Å². The summed E-state index contributed by atoms with van der Waals surface area (Å²) in [4.78, 5) is 33.7. The summed E-state index contributed by atoms with van der Waals surface area (Å²) in [5.74, 6) is 0.412. The quantitative estimate of drug-likeness (QED) is 0.361. The van der Waals surface area contributed by atoms with Crippen molar-refractivity contribution < 1.29 is 19.1 Å². The second kappa shape index (κ2) is 10.8. The third-order valence-corrected chi connectivity index (χ3v) is 6.58. The molecule has 0 radical (unpaired) electrons. The molecule has 1 aliphatic heterocycles. The summed E-state index contributed by atoms with van der Waals surface area (Å²) in [7, 11) is 0. The van der Waals surface area contributed by atoms with Crippen LogP contribution in [-0.2, 0) is 4.79 Å². The fourth-order valence-corrected chi connectivity index (χ4v) is 4.69. The molecule has 1 saturated heterocycles. The zero-order valence-corrected chi connectivity index (χ0v) is 20.7. The van der Waals surface area contributed by atoms with E-state index in [1.807, 2.05) is 26.0 Å². The summed E-state index contributed by atoms with van der Waals surface area (Å²) in [6.07, 6.45) is 6.32. The zero-order valence-electron chi connectivity index (χ0n) is 19.9. The minimum Gasteiger partial charge on any atom is -0.490 e. The fourth-order valence-electron chi connectivity index (χ4n) is 4.04. The molecule has 0 spiro atoms. The van der Waals surface area contributed by atoms with Crippen LogP contribution in [0.25, 0.3) is 10.8 Å². The van der Waals surface area contributed by atoms with E-state index in [0.717, 1.165) is 11.3 Å². The molecule has 0 aliphatic carbocycles. The van der Waals surface area contributed by atoms with Gasteiger partial charge in [-0.1, -0.05) is 13.3 Å². The first-order valence-corrected chi connectivity index (χ1v) is 12.4. The number of benzene rings is 1. The molecular formula is C25H29N5O4S. The molecule has 3 heterocycles. The number of pyridine rings is 2. The van der Waals surface area contributed by atoms with E-state index in [4.69, 9.17) is 15.2 Å². The predicted molar refractivity (Wildman–Crippen MR) is 136 cm³/mol. The van der Waals surface area contributed by atoms with Crippen molar-refractivity contribution in [3.05, 3.63) is 48.4 Å². The van der Waals surface area contributed by atoms with Crippen LogP contribution in [0.4, 0.5) is 5.69 Å². The Labute approximate surface area is 208 Å². The van der Waals surface area contributed by atoms with Crippen LogP contribution in [0.15, 0.2) is 47.8 Å². The Morgan fingerprint density at radius 1 is 1.31 bits per heavy atom. The van der Waals surface area contributed by atoms with E-state index in [9.17, 15) is 9.59 Å². The molecule has 2 atom stereocenters. The molecule has 184 valence electrons. The van der Waals surface area contributed by atoms with Crippen molar-refractivity contribution in [2.24, 2.45) is 11.7 Å². The molecule has 0 bridgehead atoms. The van der Waals surface area contributed by atoms with Crippen LogP contribution < -0.4 is 25.2 Å². The van der Waals surface area contributed by atoms with Crippen molar-refractivity contribution in [3.8, 4) is 11.6 Å². The molecular weight excluding hydrogens is 466 g/mol. The molecule has 4 rings (SSSR count). The second-order valence-electron chi connectivity index (χ2n) is 8.65. The molecule has 10 heteroatoms. The first-order valence-electron chi connectivity index (χ1n) is 11.5. The SMILES string of the molecule is CC[C@@H]1CC(=O)N[C@@H]1COc1ncc(NSc2cccnc2)c2cc(C(N)=O)c(OC(C)C)cc12. The maximum atomic E-state index is 12.2. The van der Waals surface area contributed by atoms with E-state index < -0.39 is 5.91 Å². The zero-order chi connectivity index (χ0) is 24.9. The monoisotopic (exact) mass is 495 g/mol. The molecule has 2 aromatic heterocycles. The van der Waals surface area contributed by atoms with Gasteiger partial charge in [0.15, 0.2) is 0 Å². The van der Waals surface area contributed by atoms with E-state index >= 15 is 0 Å². The van der Waals surface area contributed by atoms with Crippen molar-refractivity contribution in [1.82, 2.24) is 15.3 Å². The number of aromatic nitrogens is 2. The van der Waals surface area contributed by atoms with Gasteiger partial charge in [-0.2, -0.15) is 0 Å². The van der Waals surface area contributed by atoms with Crippen LogP contribution in [-0.4, -0.2) is 40.5 Å². The molecule has 1 aromatic carbocycles. The number of carbonyl (C=O) groups is 2. The van der Waals surface area contributed by atoms with Gasteiger partial charge >= 0.3 is 0 Å². The topological polar surface area (TPSA) is 128 Å². The minimum absolute atomic E-state index is 0.0361. The van der Waals surface area contributed by atoms with Crippen molar-refractivity contribution in [3.63, 3.8) is 0 Å². The highest BCUT2D eigenvalue weighted by atomic mass is 32.2. The number of nitrogens with zero attached hydrogens (tertiary/aromatic N) is 2. The van der Waals surface area contributed by atoms with Gasteiger partial charge in [-0.25, -0.2) is 4.98 Å². The highest BCUT2D eigenvalue weighted by Crippen LogP contribution is 2.37. The van der Waals surface area contributed by atoms with Gasteiger partial charge < -0.3 is 25.2 Å². The number of rotatable bonds is 10. The number of nitrogens with one attached hydrogen (secondary N) is 2. The summed E-state index contributed by atoms with van der Waals surface area (Å²) in [5.41, 5.74) is 6.63. The number of ether oxygens (including phenoxy) is 2. The number of anilines is 1. The van der Waals surface area contributed by atoms with Crippen molar-refractivity contribution >= 4 is 40.2 Å². The van der Waals surface area contributed by atoms with Crippen LogP contribution in [0.5, 0.6) is 11.6 Å². The Kier molecular flexibility index (Phi) is 7.60. The smallest absolute Gasteiger partial charge is 0.252 e. The Bertz CT molecular complexity index is 1220. The van der Waals surface area contributed by atoms with Gasteiger partial charge in [0.2, 0.25) is 11.8 Å². The molecule has 4 N–H and O–H groups in total. The number of fused-ring (bicyclic) bond motifs is 1. The first-order chi connectivity index (χ1) is 16.9. The predicted octanol–water partition coefficient (Wildman–Crippen LogP) is 3.93. The number of nitrogens with two attached hydrogens (primary N) is 1. The molecule has 0 saturated carbocycles. The summed E-state index contributed by atoms with van der Waals surface area (Å²) < 4.78 is 15.3. The van der Waals surface area contributed by atoms with Gasteiger partial charge in [0.25, 0.3) is 5.91 Å². The number of carbonyl (C=O) groups excluding carboxylic acids is 2. The Balaban J connectivity index is 1.71. The lowest BCUT2D eigenvalue weighted by Crippen LogP contribution is -2.34. The Morgan fingerprint density at radius 2 is 2.14 bits per heavy atom. The van der Waals surface area contributed by atoms with Gasteiger partial charge in [0, 0.05) is 34.5 Å². The standard InChI is InChI=1S/C25H29N5O4S/c1-4-15-8-23(31)29-21(15)13-33-25-18-10-22(34-14(2)3)19(24(26)32)9-17(18)20(12-28-25)30-35-16-6-5-7-27-11-16/h5-7,9-12,14-15,21,30H,4,8,13H2,1-3H3,(H2,26,32)(H,29,31)/t15-,21-/m1/s1. The van der Waals surface area contributed by atoms with E-state index in [1.54, 1.807) is 30.7 Å². The number of hydrogen-bond acceptors (Lipinski definition) is 8. The normalized spacial score (nSPS) is 17.4. The minimum atomic E-state index is -0.591. The molecule has 9 nitrogen and oxygen atoms in total. The molecule has 1 fully saturated rings. The van der Waals surface area contributed by atoms with Crippen LogP contribution in [0, 0.1) is 5.92 Å². The van der Waals surface area contributed by atoms with Gasteiger partial charge in [0.05, 0.1) is 29.6 Å². The molecule has 3 aromatic rings. The Morgan fingerprint density at radius 3 is 2.83 bits per heavy atom. The first kappa shape index (κ1) is 24.6. The number of amides is 2. The molecule has 1 aliphatic rings. The highest BCUT2D eigenvalue weighted by molar-refractivity contribution is 8.00. The number of primary amides is 1. The average Bonchev–Trinajstić information content (AvgIpc) is 3.20. The third-order valence-electron chi connectivity index (χ3n) is 5.78. The van der Waals surface area contributed by atoms with Gasteiger partial charge in [-0.05, 0) is 56.0 Å². The molecule has 0 unspecified atom stereocenters. The lowest BCUT2D eigenvalue weighted by molar-refractivity contribution is -0.119. The van der Waals surface area contributed by atoms with Gasteiger partial charge in [-0.3, -0.25) is 14.6 Å². The van der Waals surface area contributed by atoms with Crippen LogP contribution in [0.2, 0.25) is 0 Å². The Hall–Kier alpha value is -3.53. The highest BCUT2D eigenvalue weighted by Gasteiger charge is 2.31. The van der Waals surface area contributed by atoms with Gasteiger partial charge in [-0.15, -0.1) is 0 Å². The van der Waals surface area contributed by atoms with Gasteiger partial charge in [0.1, 0.15) is 12.4 Å². The van der Waals surface area contributed by atoms with Crippen molar-refractivity contribution in [2.45, 2.75) is 50.7 Å². The van der Waals surface area contributed by atoms with Crippen LogP contribution in [0.3, 0.4) is 0 Å². The fraction of sp³-hybridized carbons (Fsp3) is 0.360. The van der Waals surface area contributed by atoms with Crippen molar-refractivity contribution in [2.75, 3.05) is 11.3 Å². The summed E-state index contributed by atoms with van der Waals surface area (Å²) in [6.45, 7) is 6.11. The summed E-state index contributed by atoms with van der Waals surface area (Å²) in [6, 6.07) is 7.13. The average molecular weight is 496 g/mol. The maximum absolute atomic E-state index is 12.2. The van der Waals surface area contributed by atoms with Crippen LogP contribution >= 0.6 is 11.9 Å². The van der Waals surface area contributed by atoms with Crippen LogP contribution in [0.1, 0.15) is 44.0 Å². The number of hydrogen-bond donors (Lipinski definition) is 3. The van der Waals surface area contributed by atoms with E-state index in [1.165, 1.54) is 11.9 Å². The summed E-state index contributed by atoms with van der Waals surface area (Å²) >= 11 is 1.37. The summed E-state index contributed by atoms with van der Waals surface area (Å²) in [5, 5.41) is 4.36. The molecule has 2 amide bonds. The third kappa shape index (κ3) is 5.76. The second-order valence-corrected chi connectivity index (χ2v) is 9.53. The lowest BCUT2D eigenvalue weighted by Gasteiger charge is -2.20. The lowest BCUT2D eigenvalue weighted by atomic mass is 9.98. The largest absolute Gasteiger partial charge is 0.490 e. The maximum Gasteiger partial charge on any atom is 0.252 e. The van der Waals surface area contributed by atoms with E-state index in [2.05, 4.69) is 26.9 Å².